The number of ether oxygens (including phenoxy) is 3. The van der Waals surface area contributed by atoms with Crippen molar-refractivity contribution >= 4 is 23.9 Å². The molecule has 2 heterocycles. The Balaban J connectivity index is 1.93. The first kappa shape index (κ1) is 19.8. The van der Waals surface area contributed by atoms with E-state index >= 15 is 0 Å². The Bertz CT molecular complexity index is 846. The van der Waals surface area contributed by atoms with Gasteiger partial charge in [-0.2, -0.15) is 0 Å². The van der Waals surface area contributed by atoms with Crippen LogP contribution in [-0.4, -0.2) is 56.2 Å². The summed E-state index contributed by atoms with van der Waals surface area (Å²) in [6.07, 6.45) is 3.46. The van der Waals surface area contributed by atoms with Gasteiger partial charge in [0.15, 0.2) is 0 Å². The van der Waals surface area contributed by atoms with Gasteiger partial charge in [0.05, 0.1) is 43.6 Å². The van der Waals surface area contributed by atoms with Gasteiger partial charge in [0, 0.05) is 12.3 Å². The topological polar surface area (TPSA) is 82.1 Å². The molecule has 148 valence electrons. The van der Waals surface area contributed by atoms with Crippen LogP contribution >= 0.6 is 0 Å². The summed E-state index contributed by atoms with van der Waals surface area (Å²) in [4.78, 5) is 38.5. The lowest BCUT2D eigenvalue weighted by Gasteiger charge is -2.21. The maximum absolute atomic E-state index is 13.0. The minimum Gasteiger partial charge on any atom is -0.465 e. The van der Waals surface area contributed by atoms with Gasteiger partial charge in [0.25, 0.3) is 5.91 Å². The van der Waals surface area contributed by atoms with Crippen LogP contribution in [0.3, 0.4) is 0 Å². The molecule has 1 unspecified atom stereocenters. The number of hydrogen-bond donors (Lipinski definition) is 0. The highest BCUT2D eigenvalue weighted by molar-refractivity contribution is 6.16. The number of esters is 2. The predicted octanol–water partition coefficient (Wildman–Crippen LogP) is 2.32. The van der Waals surface area contributed by atoms with Gasteiger partial charge in [-0.25, -0.2) is 9.59 Å². The van der Waals surface area contributed by atoms with Crippen molar-refractivity contribution in [2.24, 2.45) is 0 Å². The lowest BCUT2D eigenvalue weighted by molar-refractivity contribution is -0.136. The lowest BCUT2D eigenvalue weighted by Crippen LogP contribution is -2.33. The van der Waals surface area contributed by atoms with E-state index in [2.05, 4.69) is 4.74 Å². The molecule has 3 rings (SSSR count). The summed E-state index contributed by atoms with van der Waals surface area (Å²) in [7, 11) is 2.60. The third-order valence-corrected chi connectivity index (χ3v) is 4.95. The molecular weight excluding hydrogens is 362 g/mol. The maximum atomic E-state index is 13.0. The van der Waals surface area contributed by atoms with E-state index in [4.69, 9.17) is 9.47 Å². The number of methoxy groups -OCH3 is 2. The number of hydrogen-bond acceptors (Lipinski definition) is 6. The van der Waals surface area contributed by atoms with Crippen molar-refractivity contribution in [3.05, 3.63) is 52.2 Å². The summed E-state index contributed by atoms with van der Waals surface area (Å²) >= 11 is 0. The van der Waals surface area contributed by atoms with Crippen LogP contribution < -0.4 is 0 Å². The molecule has 0 aliphatic carbocycles. The lowest BCUT2D eigenvalue weighted by atomic mass is 10.0. The molecule has 1 aromatic rings. The first-order valence-electron chi connectivity index (χ1n) is 9.09. The highest BCUT2D eigenvalue weighted by atomic mass is 16.5. The number of carbonyl (C=O) groups excluding carboxylic acids is 3. The fraction of sp³-hybridized carbons (Fsp3) is 0.381. The van der Waals surface area contributed by atoms with E-state index in [1.807, 2.05) is 0 Å². The Labute approximate surface area is 163 Å². The smallest absolute Gasteiger partial charge is 0.340 e. The Hall–Kier alpha value is -2.93. The molecule has 0 aromatic heterocycles. The van der Waals surface area contributed by atoms with Gasteiger partial charge in [0.1, 0.15) is 0 Å². The number of rotatable bonds is 5. The predicted molar refractivity (Wildman–Crippen MR) is 101 cm³/mol. The Kier molecular flexibility index (Phi) is 5.94. The first-order chi connectivity index (χ1) is 13.5. The minimum absolute atomic E-state index is 0.0310. The molecule has 1 saturated heterocycles. The highest BCUT2D eigenvalue weighted by Crippen LogP contribution is 2.32. The quantitative estimate of drug-likeness (QED) is 0.572. The second kappa shape index (κ2) is 8.39. The van der Waals surface area contributed by atoms with E-state index in [0.717, 1.165) is 12.8 Å². The molecule has 1 atom stereocenters. The van der Waals surface area contributed by atoms with Crippen LogP contribution in [0.25, 0.3) is 6.08 Å². The molecule has 1 fully saturated rings. The van der Waals surface area contributed by atoms with Crippen LogP contribution in [0.2, 0.25) is 0 Å². The molecule has 2 aliphatic rings. The van der Waals surface area contributed by atoms with E-state index < -0.39 is 11.9 Å². The summed E-state index contributed by atoms with van der Waals surface area (Å²) in [6.45, 7) is 2.83. The number of amides is 1. The maximum Gasteiger partial charge on any atom is 0.340 e. The van der Waals surface area contributed by atoms with Crippen molar-refractivity contribution in [3.8, 4) is 0 Å². The zero-order chi connectivity index (χ0) is 20.3. The number of allylic oxidation sites excluding steroid dienone is 1. The molecule has 0 spiro atoms. The van der Waals surface area contributed by atoms with Crippen LogP contribution in [0.1, 0.15) is 35.7 Å². The van der Waals surface area contributed by atoms with Crippen LogP contribution in [0, 0.1) is 0 Å². The minimum atomic E-state index is -0.557. The van der Waals surface area contributed by atoms with Crippen LogP contribution in [-0.2, 0) is 23.8 Å². The van der Waals surface area contributed by atoms with E-state index in [1.165, 1.54) is 14.2 Å². The zero-order valence-electron chi connectivity index (χ0n) is 16.2. The monoisotopic (exact) mass is 385 g/mol. The zero-order valence-corrected chi connectivity index (χ0v) is 16.2. The van der Waals surface area contributed by atoms with E-state index in [0.29, 0.717) is 30.0 Å². The number of nitrogens with zero attached hydrogens (tertiary/aromatic N) is 1. The van der Waals surface area contributed by atoms with Crippen molar-refractivity contribution in [3.63, 3.8) is 0 Å². The molecule has 28 heavy (non-hydrogen) atoms. The third kappa shape index (κ3) is 3.84. The van der Waals surface area contributed by atoms with Crippen molar-refractivity contribution < 1.29 is 28.6 Å². The van der Waals surface area contributed by atoms with E-state index in [1.54, 1.807) is 42.2 Å². The van der Waals surface area contributed by atoms with Crippen LogP contribution in [0.5, 0.6) is 0 Å². The largest absolute Gasteiger partial charge is 0.465 e. The summed E-state index contributed by atoms with van der Waals surface area (Å²) in [6, 6.07) is 6.60. The Morgan fingerprint density at radius 3 is 2.43 bits per heavy atom. The first-order valence-corrected chi connectivity index (χ1v) is 9.09. The van der Waals surface area contributed by atoms with E-state index in [9.17, 15) is 14.4 Å². The van der Waals surface area contributed by atoms with Gasteiger partial charge in [-0.05, 0) is 43.5 Å². The fourth-order valence-corrected chi connectivity index (χ4v) is 3.44. The van der Waals surface area contributed by atoms with Gasteiger partial charge in [0.2, 0.25) is 0 Å². The fourth-order valence-electron chi connectivity index (χ4n) is 3.44. The van der Waals surface area contributed by atoms with Gasteiger partial charge < -0.3 is 19.1 Å². The Morgan fingerprint density at radius 2 is 1.86 bits per heavy atom. The van der Waals surface area contributed by atoms with Crippen molar-refractivity contribution in [1.82, 2.24) is 4.90 Å². The molecule has 0 N–H and O–H groups in total. The number of benzene rings is 1. The van der Waals surface area contributed by atoms with Gasteiger partial charge in [-0.1, -0.05) is 12.1 Å². The second-order valence-electron chi connectivity index (χ2n) is 6.67. The molecule has 1 aromatic carbocycles. The van der Waals surface area contributed by atoms with Crippen molar-refractivity contribution in [2.45, 2.75) is 25.9 Å². The average molecular weight is 385 g/mol. The molecule has 2 aliphatic heterocycles. The van der Waals surface area contributed by atoms with Crippen LogP contribution in [0.4, 0.5) is 0 Å². The Morgan fingerprint density at radius 1 is 1.18 bits per heavy atom. The molecule has 7 nitrogen and oxygen atoms in total. The molecule has 0 radical (unpaired) electrons. The second-order valence-corrected chi connectivity index (χ2v) is 6.67. The summed E-state index contributed by atoms with van der Waals surface area (Å²) < 4.78 is 15.2. The van der Waals surface area contributed by atoms with Gasteiger partial charge in [-0.3, -0.25) is 4.79 Å². The molecule has 0 bridgehead atoms. The van der Waals surface area contributed by atoms with Crippen LogP contribution in [0.15, 0.2) is 41.1 Å². The summed E-state index contributed by atoms with van der Waals surface area (Å²) in [5.41, 5.74) is 2.17. The molecule has 0 saturated carbocycles. The van der Waals surface area contributed by atoms with Crippen molar-refractivity contribution in [1.29, 1.82) is 0 Å². The standard InChI is InChI=1S/C21H23NO6/c1-13-18(21(25)27-3)17(19(23)22(13)12-16-5-4-10-28-16)11-14-6-8-15(9-7-14)20(24)26-2/h6-9,11,16H,4-5,10,12H2,1-3H3/b17-11-. The van der Waals surface area contributed by atoms with Gasteiger partial charge >= 0.3 is 11.9 Å². The normalized spacial score (nSPS) is 20.8. The van der Waals surface area contributed by atoms with E-state index in [-0.39, 0.29) is 23.2 Å². The SMILES string of the molecule is COC(=O)C1=C(C)N(CC2CCCO2)C(=O)/C1=C\c1ccc(C(=O)OC)cc1. The van der Waals surface area contributed by atoms with Crippen molar-refractivity contribution in [2.75, 3.05) is 27.4 Å². The molecular formula is C21H23NO6. The number of carbonyl (C=O) groups is 3. The highest BCUT2D eigenvalue weighted by Gasteiger charge is 2.38. The molecule has 7 heteroatoms. The summed E-state index contributed by atoms with van der Waals surface area (Å²) in [5.74, 6) is -1.26. The third-order valence-electron chi connectivity index (χ3n) is 4.95. The average Bonchev–Trinajstić information content (AvgIpc) is 3.30. The van der Waals surface area contributed by atoms with Gasteiger partial charge in [-0.15, -0.1) is 0 Å². The summed E-state index contributed by atoms with van der Waals surface area (Å²) in [5, 5.41) is 0. The molecule has 1 amide bonds.